The summed E-state index contributed by atoms with van der Waals surface area (Å²) in [7, 11) is 5.79. The fourth-order valence-corrected chi connectivity index (χ4v) is 2.63. The average Bonchev–Trinajstić information content (AvgIpc) is 2.91. The molecule has 0 saturated carbocycles. The molecule has 2 N–H and O–H groups in total. The Labute approximate surface area is 180 Å². The van der Waals surface area contributed by atoms with Gasteiger partial charge in [-0.25, -0.2) is 4.79 Å². The van der Waals surface area contributed by atoms with Crippen molar-refractivity contribution in [3.63, 3.8) is 0 Å². The maximum absolute atomic E-state index is 12.0. The van der Waals surface area contributed by atoms with Gasteiger partial charge in [0.15, 0.2) is 5.96 Å². The van der Waals surface area contributed by atoms with Crippen LogP contribution in [0, 0.1) is 0 Å². The Hall–Kier alpha value is -1.45. The zero-order valence-corrected chi connectivity index (χ0v) is 20.0. The van der Waals surface area contributed by atoms with Crippen LogP contribution in [-0.2, 0) is 18.3 Å². The van der Waals surface area contributed by atoms with Crippen LogP contribution in [0.5, 0.6) is 0 Å². The van der Waals surface area contributed by atoms with Gasteiger partial charge in [-0.15, -0.1) is 24.0 Å². The number of amides is 1. The van der Waals surface area contributed by atoms with Crippen LogP contribution >= 0.6 is 24.0 Å². The molecule has 1 aromatic rings. The summed E-state index contributed by atoms with van der Waals surface area (Å²) in [5, 5.41) is 6.30. The van der Waals surface area contributed by atoms with Gasteiger partial charge in [-0.1, -0.05) is 13.3 Å². The van der Waals surface area contributed by atoms with Crippen molar-refractivity contribution >= 4 is 36.0 Å². The second-order valence-electron chi connectivity index (χ2n) is 7.53. The molecule has 8 heteroatoms. The molecule has 1 amide bonds. The van der Waals surface area contributed by atoms with Gasteiger partial charge in [-0.2, -0.15) is 0 Å². The summed E-state index contributed by atoms with van der Waals surface area (Å²) in [5.74, 6) is 0.790. The van der Waals surface area contributed by atoms with Gasteiger partial charge in [0.1, 0.15) is 5.60 Å². The lowest BCUT2D eigenvalue weighted by Gasteiger charge is -2.26. The molecule has 1 atom stereocenters. The molecule has 0 aliphatic carbocycles. The van der Waals surface area contributed by atoms with E-state index in [2.05, 4.69) is 38.1 Å². The van der Waals surface area contributed by atoms with E-state index < -0.39 is 5.60 Å². The largest absolute Gasteiger partial charge is 0.444 e. The van der Waals surface area contributed by atoms with Gasteiger partial charge in [-0.05, 0) is 39.3 Å². The van der Waals surface area contributed by atoms with Crippen LogP contribution in [0.25, 0.3) is 0 Å². The van der Waals surface area contributed by atoms with Crippen molar-refractivity contribution in [3.05, 3.63) is 24.0 Å². The third-order valence-corrected chi connectivity index (χ3v) is 3.89. The number of aromatic nitrogens is 1. The molecule has 7 nitrogen and oxygen atoms in total. The minimum Gasteiger partial charge on any atom is -0.444 e. The maximum atomic E-state index is 12.0. The van der Waals surface area contributed by atoms with Crippen molar-refractivity contribution < 1.29 is 9.53 Å². The number of ether oxygens (including phenoxy) is 1. The summed E-state index contributed by atoms with van der Waals surface area (Å²) >= 11 is 0. The number of alkyl carbamates (subject to hydrolysis) is 1. The zero-order valence-electron chi connectivity index (χ0n) is 17.7. The van der Waals surface area contributed by atoms with E-state index in [9.17, 15) is 4.79 Å². The normalized spacial score (nSPS) is 12.8. The Bertz CT molecular complexity index is 595. The first-order valence-corrected chi connectivity index (χ1v) is 9.17. The lowest BCUT2D eigenvalue weighted by Crippen LogP contribution is -2.48. The molecule has 0 aliphatic rings. The van der Waals surface area contributed by atoms with Gasteiger partial charge in [0, 0.05) is 45.6 Å². The smallest absolute Gasteiger partial charge is 0.407 e. The molecule has 0 bridgehead atoms. The van der Waals surface area contributed by atoms with Crippen LogP contribution in [0.15, 0.2) is 23.3 Å². The molecule has 0 fully saturated rings. The second-order valence-corrected chi connectivity index (χ2v) is 7.53. The molecule has 1 unspecified atom stereocenters. The van der Waals surface area contributed by atoms with Crippen LogP contribution in [-0.4, -0.2) is 53.8 Å². The van der Waals surface area contributed by atoms with E-state index in [1.54, 1.807) is 7.05 Å². The van der Waals surface area contributed by atoms with E-state index >= 15 is 0 Å². The molecule has 1 aromatic heterocycles. The van der Waals surface area contributed by atoms with Crippen molar-refractivity contribution in [1.82, 2.24) is 20.1 Å². The number of nitrogens with zero attached hydrogens (tertiary/aromatic N) is 3. The number of hydrogen-bond acceptors (Lipinski definition) is 3. The zero-order chi connectivity index (χ0) is 19.7. The highest BCUT2D eigenvalue weighted by molar-refractivity contribution is 14.0. The van der Waals surface area contributed by atoms with Crippen molar-refractivity contribution in [3.8, 4) is 0 Å². The fraction of sp³-hybridized carbons (Fsp3) is 0.684. The number of aliphatic imine (C=N–C) groups is 1. The fourth-order valence-electron chi connectivity index (χ4n) is 2.63. The Morgan fingerprint density at radius 2 is 2.07 bits per heavy atom. The van der Waals surface area contributed by atoms with Gasteiger partial charge in [0.25, 0.3) is 0 Å². The summed E-state index contributed by atoms with van der Waals surface area (Å²) in [6.45, 7) is 9.03. The third-order valence-electron chi connectivity index (χ3n) is 3.89. The van der Waals surface area contributed by atoms with E-state index in [-0.39, 0.29) is 36.1 Å². The first kappa shape index (κ1) is 25.6. The third kappa shape index (κ3) is 9.88. The first-order chi connectivity index (χ1) is 12.2. The molecule has 27 heavy (non-hydrogen) atoms. The topological polar surface area (TPSA) is 70.9 Å². The first-order valence-electron chi connectivity index (χ1n) is 9.17. The number of carbonyl (C=O) groups is 1. The SMILES string of the molecule is CCCC(CNC(=NC)N(C)Cc1cccn1C)NC(=O)OC(C)(C)C.I. The Balaban J connectivity index is 0.00000676. The van der Waals surface area contributed by atoms with Gasteiger partial charge < -0.3 is 24.8 Å². The number of hydrogen-bond donors (Lipinski definition) is 2. The predicted molar refractivity (Wildman–Crippen MR) is 122 cm³/mol. The van der Waals surface area contributed by atoms with E-state index in [0.29, 0.717) is 6.54 Å². The summed E-state index contributed by atoms with van der Waals surface area (Å²) in [5.41, 5.74) is 0.701. The van der Waals surface area contributed by atoms with Crippen LogP contribution in [0.4, 0.5) is 4.79 Å². The number of halogens is 1. The number of guanidine groups is 1. The van der Waals surface area contributed by atoms with Crippen LogP contribution in [0.2, 0.25) is 0 Å². The molecule has 0 spiro atoms. The predicted octanol–water partition coefficient (Wildman–Crippen LogP) is 3.34. The molecule has 1 rings (SSSR count). The standard InChI is InChI=1S/C19H35N5O2.HI/c1-8-10-15(22-18(25)26-19(2,3)4)13-21-17(20-5)24(7)14-16-11-9-12-23(16)6;/h9,11-12,15H,8,10,13-14H2,1-7H3,(H,20,21)(H,22,25);1H. The molecule has 0 aliphatic heterocycles. The highest BCUT2D eigenvalue weighted by Crippen LogP contribution is 2.08. The summed E-state index contributed by atoms with van der Waals surface area (Å²) < 4.78 is 7.45. The van der Waals surface area contributed by atoms with Gasteiger partial charge in [0.2, 0.25) is 0 Å². The molecule has 0 aromatic carbocycles. The van der Waals surface area contributed by atoms with Crippen molar-refractivity contribution in [2.24, 2.45) is 12.0 Å². The Morgan fingerprint density at radius 1 is 1.41 bits per heavy atom. The Kier molecular flexibility index (Phi) is 11.4. The molecule has 0 radical (unpaired) electrons. The van der Waals surface area contributed by atoms with E-state index in [0.717, 1.165) is 25.3 Å². The van der Waals surface area contributed by atoms with Crippen LogP contribution in [0.1, 0.15) is 46.2 Å². The van der Waals surface area contributed by atoms with Crippen LogP contribution < -0.4 is 10.6 Å². The molecule has 0 saturated heterocycles. The number of nitrogens with one attached hydrogen (secondary N) is 2. The van der Waals surface area contributed by atoms with E-state index in [1.165, 1.54) is 5.69 Å². The van der Waals surface area contributed by atoms with Gasteiger partial charge in [0.05, 0.1) is 6.54 Å². The highest BCUT2D eigenvalue weighted by atomic mass is 127. The van der Waals surface area contributed by atoms with Crippen molar-refractivity contribution in [1.29, 1.82) is 0 Å². The summed E-state index contributed by atoms with van der Waals surface area (Å²) in [6, 6.07) is 4.10. The number of aryl methyl sites for hydroxylation is 1. The van der Waals surface area contributed by atoms with E-state index in [4.69, 9.17) is 4.74 Å². The summed E-state index contributed by atoms with van der Waals surface area (Å²) in [4.78, 5) is 18.4. The average molecular weight is 493 g/mol. The summed E-state index contributed by atoms with van der Waals surface area (Å²) in [6.07, 6.45) is 3.48. The quantitative estimate of drug-likeness (QED) is 0.347. The van der Waals surface area contributed by atoms with Crippen LogP contribution in [0.3, 0.4) is 0 Å². The number of carbonyl (C=O) groups excluding carboxylic acids is 1. The molecule has 156 valence electrons. The Morgan fingerprint density at radius 3 is 2.56 bits per heavy atom. The van der Waals surface area contributed by atoms with Crippen molar-refractivity contribution in [2.75, 3.05) is 20.6 Å². The monoisotopic (exact) mass is 493 g/mol. The molecule has 1 heterocycles. The van der Waals surface area contributed by atoms with Gasteiger partial charge in [-0.3, -0.25) is 4.99 Å². The van der Waals surface area contributed by atoms with Crippen molar-refractivity contribution in [2.45, 2.75) is 58.7 Å². The lowest BCUT2D eigenvalue weighted by atomic mass is 10.1. The van der Waals surface area contributed by atoms with Gasteiger partial charge >= 0.3 is 6.09 Å². The number of rotatable bonds is 7. The highest BCUT2D eigenvalue weighted by Gasteiger charge is 2.19. The second kappa shape index (κ2) is 12.1. The van der Waals surface area contributed by atoms with E-state index in [1.807, 2.05) is 47.1 Å². The minimum atomic E-state index is -0.500. The molecular weight excluding hydrogens is 457 g/mol. The minimum absolute atomic E-state index is 0. The lowest BCUT2D eigenvalue weighted by molar-refractivity contribution is 0.0502. The maximum Gasteiger partial charge on any atom is 0.407 e. The molecular formula is C19H36IN5O2.